The molecule has 2 heterocycles. The van der Waals surface area contributed by atoms with Crippen LogP contribution in [-0.4, -0.2) is 34.0 Å². The zero-order valence-electron chi connectivity index (χ0n) is 15.2. The lowest BCUT2D eigenvalue weighted by Gasteiger charge is -2.41. The summed E-state index contributed by atoms with van der Waals surface area (Å²) >= 11 is 0. The molecular formula is C20H25N3O3. The molecule has 1 aliphatic carbocycles. The van der Waals surface area contributed by atoms with Gasteiger partial charge in [0.2, 0.25) is 11.7 Å². The van der Waals surface area contributed by atoms with Crippen molar-refractivity contribution in [3.63, 3.8) is 0 Å². The number of ether oxygens (including phenoxy) is 1. The summed E-state index contributed by atoms with van der Waals surface area (Å²) < 4.78 is 10.6. The molecule has 1 saturated heterocycles. The van der Waals surface area contributed by atoms with Gasteiger partial charge in [-0.05, 0) is 48.9 Å². The van der Waals surface area contributed by atoms with Gasteiger partial charge in [-0.3, -0.25) is 4.79 Å². The van der Waals surface area contributed by atoms with Crippen LogP contribution in [0.2, 0.25) is 0 Å². The third-order valence-electron chi connectivity index (χ3n) is 5.62. The zero-order valence-corrected chi connectivity index (χ0v) is 15.2. The molecule has 0 N–H and O–H groups in total. The molecule has 2 aromatic rings. The first-order chi connectivity index (χ1) is 12.7. The molecule has 1 aliphatic heterocycles. The highest BCUT2D eigenvalue weighted by atomic mass is 16.5. The van der Waals surface area contributed by atoms with Crippen LogP contribution in [0.25, 0.3) is 0 Å². The summed E-state index contributed by atoms with van der Waals surface area (Å²) in [5.41, 5.74) is 0.724. The number of hydrogen-bond acceptors (Lipinski definition) is 5. The number of amides is 1. The van der Waals surface area contributed by atoms with Crippen LogP contribution in [0.15, 0.2) is 28.8 Å². The largest absolute Gasteiger partial charge is 0.485 e. The molecule has 2 atom stereocenters. The molecule has 0 spiro atoms. The lowest BCUT2D eigenvalue weighted by atomic mass is 9.75. The minimum absolute atomic E-state index is 0.134. The van der Waals surface area contributed by atoms with Gasteiger partial charge in [0.25, 0.3) is 5.91 Å². The Labute approximate surface area is 153 Å². The average Bonchev–Trinajstić information content (AvgIpc) is 3.11. The molecule has 1 amide bonds. The summed E-state index contributed by atoms with van der Waals surface area (Å²) in [6.45, 7) is 3.79. The van der Waals surface area contributed by atoms with E-state index in [-0.39, 0.29) is 12.5 Å². The Hall–Kier alpha value is -2.37. The summed E-state index contributed by atoms with van der Waals surface area (Å²) in [6.07, 6.45) is 6.45. The Kier molecular flexibility index (Phi) is 4.91. The predicted molar refractivity (Wildman–Crippen MR) is 95.8 cm³/mol. The van der Waals surface area contributed by atoms with Gasteiger partial charge >= 0.3 is 0 Å². The Morgan fingerprint density at radius 1 is 1.19 bits per heavy atom. The number of aromatic nitrogens is 2. The second-order valence-corrected chi connectivity index (χ2v) is 7.39. The maximum atomic E-state index is 12.8. The number of fused-ring (bicyclic) bond motifs is 1. The van der Waals surface area contributed by atoms with E-state index in [0.717, 1.165) is 31.0 Å². The van der Waals surface area contributed by atoms with Crippen molar-refractivity contribution in [2.24, 2.45) is 11.8 Å². The van der Waals surface area contributed by atoms with E-state index in [0.29, 0.717) is 23.4 Å². The fourth-order valence-electron chi connectivity index (χ4n) is 4.21. The maximum Gasteiger partial charge on any atom is 0.253 e. The van der Waals surface area contributed by atoms with Crippen LogP contribution in [0.1, 0.15) is 54.2 Å². The highest BCUT2D eigenvalue weighted by Gasteiger charge is 2.33. The maximum absolute atomic E-state index is 12.8. The fraction of sp³-hybridized carbons (Fsp3) is 0.550. The number of nitrogens with zero attached hydrogens (tertiary/aromatic N) is 3. The third-order valence-corrected chi connectivity index (χ3v) is 5.62. The molecule has 1 aromatic carbocycles. The van der Waals surface area contributed by atoms with Gasteiger partial charge in [0.1, 0.15) is 5.75 Å². The van der Waals surface area contributed by atoms with Gasteiger partial charge in [0.15, 0.2) is 6.61 Å². The van der Waals surface area contributed by atoms with E-state index in [9.17, 15) is 4.79 Å². The third kappa shape index (κ3) is 3.74. The summed E-state index contributed by atoms with van der Waals surface area (Å²) in [6, 6.07) is 7.33. The summed E-state index contributed by atoms with van der Waals surface area (Å²) in [4.78, 5) is 19.0. The molecule has 0 bridgehead atoms. The normalized spacial score (nSPS) is 22.7. The van der Waals surface area contributed by atoms with E-state index in [4.69, 9.17) is 9.26 Å². The van der Waals surface area contributed by atoms with Gasteiger partial charge in [0.05, 0.1) is 0 Å². The predicted octanol–water partition coefficient (Wildman–Crippen LogP) is 3.61. The highest BCUT2D eigenvalue weighted by Crippen LogP contribution is 2.36. The monoisotopic (exact) mass is 355 g/mol. The van der Waals surface area contributed by atoms with Crippen LogP contribution in [-0.2, 0) is 6.61 Å². The van der Waals surface area contributed by atoms with E-state index in [1.807, 2.05) is 29.2 Å². The molecule has 4 rings (SSSR count). The Morgan fingerprint density at radius 3 is 2.69 bits per heavy atom. The van der Waals surface area contributed by atoms with Crippen molar-refractivity contribution in [1.29, 1.82) is 0 Å². The molecule has 1 saturated carbocycles. The molecular weight excluding hydrogens is 330 g/mol. The average molecular weight is 355 g/mol. The van der Waals surface area contributed by atoms with Crippen molar-refractivity contribution in [2.45, 2.75) is 45.6 Å². The first-order valence-electron chi connectivity index (χ1n) is 9.50. The lowest BCUT2D eigenvalue weighted by molar-refractivity contribution is 0.0521. The number of carbonyl (C=O) groups excluding carboxylic acids is 1. The van der Waals surface area contributed by atoms with Gasteiger partial charge in [-0.1, -0.05) is 24.4 Å². The van der Waals surface area contributed by atoms with Gasteiger partial charge < -0.3 is 14.2 Å². The molecule has 0 unspecified atom stereocenters. The second kappa shape index (κ2) is 7.48. The van der Waals surface area contributed by atoms with Crippen LogP contribution >= 0.6 is 0 Å². The number of likely N-dealkylation sites (tertiary alicyclic amines) is 1. The van der Waals surface area contributed by atoms with E-state index >= 15 is 0 Å². The van der Waals surface area contributed by atoms with Crippen LogP contribution in [0.5, 0.6) is 5.75 Å². The van der Waals surface area contributed by atoms with Crippen molar-refractivity contribution in [1.82, 2.24) is 15.0 Å². The standard InChI is InChI=1S/C20H25N3O3/c1-14-21-19(22-26-14)13-25-18-8-6-16(7-9-18)20(24)23-11-10-15-4-2-3-5-17(15)12-23/h6-9,15,17H,2-5,10-13H2,1H3/t15-,17-/m0/s1. The second-order valence-electron chi connectivity index (χ2n) is 7.39. The Bertz CT molecular complexity index is 756. The van der Waals surface area contributed by atoms with E-state index in [1.54, 1.807) is 6.92 Å². The molecule has 6 heteroatoms. The molecule has 1 aromatic heterocycles. The van der Waals surface area contributed by atoms with Gasteiger partial charge in [0, 0.05) is 25.6 Å². The molecule has 26 heavy (non-hydrogen) atoms. The number of carbonyl (C=O) groups is 1. The van der Waals surface area contributed by atoms with Crippen LogP contribution in [0, 0.1) is 18.8 Å². The van der Waals surface area contributed by atoms with Gasteiger partial charge in [-0.2, -0.15) is 4.98 Å². The quantitative estimate of drug-likeness (QED) is 0.838. The highest BCUT2D eigenvalue weighted by molar-refractivity contribution is 5.94. The van der Waals surface area contributed by atoms with Crippen molar-refractivity contribution in [3.8, 4) is 5.75 Å². The van der Waals surface area contributed by atoms with Gasteiger partial charge in [-0.15, -0.1) is 0 Å². The smallest absolute Gasteiger partial charge is 0.253 e. The lowest BCUT2D eigenvalue weighted by Crippen LogP contribution is -2.44. The van der Waals surface area contributed by atoms with Crippen LogP contribution in [0.4, 0.5) is 0 Å². The fourth-order valence-corrected chi connectivity index (χ4v) is 4.21. The molecule has 6 nitrogen and oxygen atoms in total. The summed E-state index contributed by atoms with van der Waals surface area (Å²) in [5.74, 6) is 3.38. The topological polar surface area (TPSA) is 68.5 Å². The molecule has 138 valence electrons. The molecule has 2 aliphatic rings. The first-order valence-corrected chi connectivity index (χ1v) is 9.50. The van der Waals surface area contributed by atoms with E-state index in [1.165, 1.54) is 25.7 Å². The zero-order chi connectivity index (χ0) is 17.9. The van der Waals surface area contributed by atoms with Crippen molar-refractivity contribution in [2.75, 3.05) is 13.1 Å². The minimum Gasteiger partial charge on any atom is -0.485 e. The van der Waals surface area contributed by atoms with E-state index < -0.39 is 0 Å². The molecule has 2 fully saturated rings. The molecule has 0 radical (unpaired) electrons. The minimum atomic E-state index is 0.134. The van der Waals surface area contributed by atoms with Gasteiger partial charge in [-0.25, -0.2) is 0 Å². The van der Waals surface area contributed by atoms with Crippen molar-refractivity contribution in [3.05, 3.63) is 41.5 Å². The van der Waals surface area contributed by atoms with Crippen molar-refractivity contribution < 1.29 is 14.1 Å². The van der Waals surface area contributed by atoms with Crippen molar-refractivity contribution >= 4 is 5.91 Å². The summed E-state index contributed by atoms with van der Waals surface area (Å²) in [5, 5.41) is 3.80. The Morgan fingerprint density at radius 2 is 1.96 bits per heavy atom. The number of benzene rings is 1. The van der Waals surface area contributed by atoms with E-state index in [2.05, 4.69) is 10.1 Å². The number of rotatable bonds is 4. The summed E-state index contributed by atoms with van der Waals surface area (Å²) in [7, 11) is 0. The van der Waals surface area contributed by atoms with Crippen LogP contribution in [0.3, 0.4) is 0 Å². The SMILES string of the molecule is Cc1nc(COc2ccc(C(=O)N3CC[C@@H]4CCCC[C@H]4C3)cc2)no1. The first kappa shape index (κ1) is 17.1. The number of piperidine rings is 1. The Balaban J connectivity index is 1.34. The number of aryl methyl sites for hydroxylation is 1. The number of hydrogen-bond donors (Lipinski definition) is 0. The van der Waals surface area contributed by atoms with Crippen LogP contribution < -0.4 is 4.74 Å².